The molecule has 0 bridgehead atoms. The van der Waals surface area contributed by atoms with Crippen molar-refractivity contribution in [2.24, 2.45) is 0 Å². The van der Waals surface area contributed by atoms with Crippen molar-refractivity contribution in [1.82, 2.24) is 10.6 Å². The van der Waals surface area contributed by atoms with Gasteiger partial charge in [-0.05, 0) is 66.9 Å². The van der Waals surface area contributed by atoms with Crippen LogP contribution in [0.4, 0.5) is 10.1 Å². The summed E-state index contributed by atoms with van der Waals surface area (Å²) in [6, 6.07) is 13.9. The molecule has 2 N–H and O–H groups in total. The number of anilines is 1. The standard InChI is InChI=1S/C26H25ClFN3O4/c27-18-9-7-17(8-10-18)24(26(34)30-20-4-1-2-5-20)31(21-13-11-19(28)12-14-21)23(32)16-29-25(33)22-6-3-15-35-22/h3,6-15,20,24H,1-2,4-5,16H2,(H,29,33)(H,30,34)/t24-/m1/s1. The third kappa shape index (κ3) is 6.08. The van der Waals surface area contributed by atoms with E-state index in [1.807, 2.05) is 0 Å². The quantitative estimate of drug-likeness (QED) is 0.474. The van der Waals surface area contributed by atoms with Crippen LogP contribution in [0.3, 0.4) is 0 Å². The van der Waals surface area contributed by atoms with Crippen molar-refractivity contribution in [2.75, 3.05) is 11.4 Å². The summed E-state index contributed by atoms with van der Waals surface area (Å²) in [6.07, 6.45) is 5.13. The number of rotatable bonds is 8. The fourth-order valence-electron chi connectivity index (χ4n) is 4.19. The monoisotopic (exact) mass is 497 g/mol. The van der Waals surface area contributed by atoms with Crippen LogP contribution in [0.5, 0.6) is 0 Å². The lowest BCUT2D eigenvalue weighted by Crippen LogP contribution is -2.49. The first-order chi connectivity index (χ1) is 16.9. The third-order valence-electron chi connectivity index (χ3n) is 5.91. The molecule has 0 spiro atoms. The lowest BCUT2D eigenvalue weighted by molar-refractivity contribution is -0.126. The first kappa shape index (κ1) is 24.5. The van der Waals surface area contributed by atoms with Crippen LogP contribution in [0, 0.1) is 5.82 Å². The molecule has 0 saturated heterocycles. The molecule has 3 aromatic rings. The van der Waals surface area contributed by atoms with Gasteiger partial charge in [0.15, 0.2) is 5.76 Å². The Kier molecular flexibility index (Phi) is 7.82. The minimum Gasteiger partial charge on any atom is -0.459 e. The lowest BCUT2D eigenvalue weighted by atomic mass is 10.0. The van der Waals surface area contributed by atoms with Crippen molar-refractivity contribution in [3.8, 4) is 0 Å². The Balaban J connectivity index is 1.67. The molecule has 4 rings (SSSR count). The predicted molar refractivity (Wildman–Crippen MR) is 130 cm³/mol. The molecule has 2 aromatic carbocycles. The molecule has 1 aliphatic carbocycles. The molecule has 182 valence electrons. The van der Waals surface area contributed by atoms with Crippen LogP contribution < -0.4 is 15.5 Å². The molecular weight excluding hydrogens is 473 g/mol. The van der Waals surface area contributed by atoms with E-state index in [2.05, 4.69) is 10.6 Å². The summed E-state index contributed by atoms with van der Waals surface area (Å²) < 4.78 is 18.8. The Bertz CT molecular complexity index is 1160. The van der Waals surface area contributed by atoms with Gasteiger partial charge in [0, 0.05) is 16.8 Å². The highest BCUT2D eigenvalue weighted by molar-refractivity contribution is 6.30. The number of nitrogens with one attached hydrogen (secondary N) is 2. The van der Waals surface area contributed by atoms with Gasteiger partial charge in [-0.2, -0.15) is 0 Å². The normalized spacial score (nSPS) is 14.3. The molecule has 1 aliphatic rings. The Labute approximate surface area is 207 Å². The second kappa shape index (κ2) is 11.2. The van der Waals surface area contributed by atoms with Gasteiger partial charge in [0.25, 0.3) is 5.91 Å². The number of hydrogen-bond donors (Lipinski definition) is 2. The van der Waals surface area contributed by atoms with Crippen LogP contribution in [0.1, 0.15) is 47.8 Å². The maximum Gasteiger partial charge on any atom is 0.287 e. The van der Waals surface area contributed by atoms with Crippen LogP contribution >= 0.6 is 11.6 Å². The zero-order chi connectivity index (χ0) is 24.8. The zero-order valence-electron chi connectivity index (χ0n) is 18.9. The molecule has 1 atom stereocenters. The molecule has 1 saturated carbocycles. The highest BCUT2D eigenvalue weighted by atomic mass is 35.5. The number of halogens is 2. The highest BCUT2D eigenvalue weighted by Gasteiger charge is 2.34. The van der Waals surface area contributed by atoms with Gasteiger partial charge in [-0.15, -0.1) is 0 Å². The van der Waals surface area contributed by atoms with E-state index in [-0.39, 0.29) is 17.7 Å². The first-order valence-corrected chi connectivity index (χ1v) is 11.8. The van der Waals surface area contributed by atoms with Crippen molar-refractivity contribution < 1.29 is 23.2 Å². The maximum atomic E-state index is 13.7. The van der Waals surface area contributed by atoms with Crippen molar-refractivity contribution in [3.05, 3.63) is 89.1 Å². The summed E-state index contributed by atoms with van der Waals surface area (Å²) in [4.78, 5) is 40.7. The number of nitrogens with zero attached hydrogens (tertiary/aromatic N) is 1. The number of hydrogen-bond acceptors (Lipinski definition) is 4. The Hall–Kier alpha value is -3.65. The Morgan fingerprint density at radius 1 is 1.03 bits per heavy atom. The second-order valence-corrected chi connectivity index (χ2v) is 8.78. The van der Waals surface area contributed by atoms with Gasteiger partial charge in [0.05, 0.1) is 12.8 Å². The summed E-state index contributed by atoms with van der Waals surface area (Å²) in [6.45, 7) is -0.405. The molecule has 0 radical (unpaired) electrons. The fourth-order valence-corrected chi connectivity index (χ4v) is 4.31. The summed E-state index contributed by atoms with van der Waals surface area (Å²) in [7, 11) is 0. The summed E-state index contributed by atoms with van der Waals surface area (Å²) in [5, 5.41) is 6.06. The smallest absolute Gasteiger partial charge is 0.287 e. The largest absolute Gasteiger partial charge is 0.459 e. The first-order valence-electron chi connectivity index (χ1n) is 11.4. The summed E-state index contributed by atoms with van der Waals surface area (Å²) in [5.41, 5.74) is 0.838. The molecule has 3 amide bonds. The van der Waals surface area contributed by atoms with E-state index in [4.69, 9.17) is 16.0 Å². The van der Waals surface area contributed by atoms with E-state index in [9.17, 15) is 18.8 Å². The predicted octanol–water partition coefficient (Wildman–Crippen LogP) is 4.64. The number of carbonyl (C=O) groups excluding carboxylic acids is 3. The molecular formula is C26H25ClFN3O4. The number of amides is 3. The number of carbonyl (C=O) groups is 3. The molecule has 9 heteroatoms. The topological polar surface area (TPSA) is 91.7 Å². The minimum atomic E-state index is -1.06. The van der Waals surface area contributed by atoms with Crippen molar-refractivity contribution in [1.29, 1.82) is 0 Å². The van der Waals surface area contributed by atoms with Crippen LogP contribution in [0.2, 0.25) is 5.02 Å². The van der Waals surface area contributed by atoms with Crippen molar-refractivity contribution in [2.45, 2.75) is 37.8 Å². The van der Waals surface area contributed by atoms with Crippen LogP contribution in [0.15, 0.2) is 71.3 Å². The zero-order valence-corrected chi connectivity index (χ0v) is 19.6. The third-order valence-corrected chi connectivity index (χ3v) is 6.16. The van der Waals surface area contributed by atoms with E-state index in [1.54, 1.807) is 30.3 Å². The number of furan rings is 1. The molecule has 0 aliphatic heterocycles. The fraction of sp³-hybridized carbons (Fsp3) is 0.269. The van der Waals surface area contributed by atoms with E-state index < -0.39 is 30.2 Å². The SMILES string of the molecule is O=C(NCC(=O)N(c1ccc(F)cc1)[C@@H](C(=O)NC1CCCC1)c1ccc(Cl)cc1)c1ccco1. The van der Waals surface area contributed by atoms with E-state index in [1.165, 1.54) is 41.5 Å². The molecule has 0 unspecified atom stereocenters. The average Bonchev–Trinajstić information content (AvgIpc) is 3.57. The van der Waals surface area contributed by atoms with Crippen molar-refractivity contribution >= 4 is 35.0 Å². The van der Waals surface area contributed by atoms with Crippen LogP contribution in [0.25, 0.3) is 0 Å². The second-order valence-electron chi connectivity index (χ2n) is 8.34. The molecule has 7 nitrogen and oxygen atoms in total. The van der Waals surface area contributed by atoms with Gasteiger partial charge in [0.1, 0.15) is 11.9 Å². The Morgan fingerprint density at radius 3 is 2.34 bits per heavy atom. The highest BCUT2D eigenvalue weighted by Crippen LogP contribution is 2.30. The summed E-state index contributed by atoms with van der Waals surface area (Å²) >= 11 is 6.06. The van der Waals surface area contributed by atoms with E-state index >= 15 is 0 Å². The van der Waals surface area contributed by atoms with E-state index in [0.717, 1.165) is 25.7 Å². The van der Waals surface area contributed by atoms with Crippen molar-refractivity contribution in [3.63, 3.8) is 0 Å². The maximum absolute atomic E-state index is 13.7. The van der Waals surface area contributed by atoms with Gasteiger partial charge < -0.3 is 15.1 Å². The lowest BCUT2D eigenvalue weighted by Gasteiger charge is -2.32. The van der Waals surface area contributed by atoms with E-state index in [0.29, 0.717) is 16.3 Å². The molecule has 1 heterocycles. The van der Waals surface area contributed by atoms with Gasteiger partial charge in [-0.1, -0.05) is 36.6 Å². The molecule has 1 aromatic heterocycles. The van der Waals surface area contributed by atoms with Gasteiger partial charge in [-0.3, -0.25) is 19.3 Å². The van der Waals surface area contributed by atoms with Gasteiger partial charge in [0.2, 0.25) is 11.8 Å². The Morgan fingerprint density at radius 2 is 1.71 bits per heavy atom. The number of benzene rings is 2. The minimum absolute atomic E-state index is 0.0149. The van der Waals surface area contributed by atoms with Gasteiger partial charge in [-0.25, -0.2) is 4.39 Å². The van der Waals surface area contributed by atoms with Crippen LogP contribution in [-0.2, 0) is 9.59 Å². The summed E-state index contributed by atoms with van der Waals surface area (Å²) in [5.74, 6) is -1.92. The molecule has 35 heavy (non-hydrogen) atoms. The van der Waals surface area contributed by atoms with Crippen LogP contribution in [-0.4, -0.2) is 30.3 Å². The molecule has 1 fully saturated rings. The van der Waals surface area contributed by atoms with Gasteiger partial charge >= 0.3 is 0 Å². The average molecular weight is 498 g/mol.